The molecule has 0 aliphatic rings. The number of nitro groups is 1. The number of hydrogen-bond acceptors (Lipinski definition) is 7. The zero-order valence-electron chi connectivity index (χ0n) is 15.9. The number of carbonyl (C=O) groups excluding carboxylic acids is 1. The van der Waals surface area contributed by atoms with E-state index >= 15 is 0 Å². The Bertz CT molecular complexity index is 1300. The Balaban J connectivity index is 1.89. The molecule has 0 aliphatic carbocycles. The van der Waals surface area contributed by atoms with Crippen molar-refractivity contribution in [1.82, 2.24) is 9.97 Å². The standard InChI is InChI=1S/C19H14Cl2N4O5S/c1-11-4-2-3-5-12(11)10-31(29,30)19-22-9-15(21)17(24-19)18(26)23-16-7-6-13(25(27)28)8-14(16)20/h2-9H,10H2,1H3,(H,23,26). The Hall–Kier alpha value is -3.08. The van der Waals surface area contributed by atoms with E-state index in [0.29, 0.717) is 5.56 Å². The third kappa shape index (κ3) is 5.16. The largest absolute Gasteiger partial charge is 0.319 e. The third-order valence-electron chi connectivity index (χ3n) is 4.23. The summed E-state index contributed by atoms with van der Waals surface area (Å²) in [6.45, 7) is 1.78. The monoisotopic (exact) mass is 480 g/mol. The van der Waals surface area contributed by atoms with Gasteiger partial charge in [0, 0.05) is 12.1 Å². The molecule has 0 fully saturated rings. The van der Waals surface area contributed by atoms with Crippen LogP contribution in [0, 0.1) is 17.0 Å². The SMILES string of the molecule is Cc1ccccc1CS(=O)(=O)c1ncc(Cl)c(C(=O)Nc2ccc([N+](=O)[O-])cc2Cl)n1. The molecule has 9 nitrogen and oxygen atoms in total. The molecule has 0 bridgehead atoms. The van der Waals surface area contributed by atoms with E-state index in [-0.39, 0.29) is 32.9 Å². The van der Waals surface area contributed by atoms with Crippen LogP contribution >= 0.6 is 23.2 Å². The third-order valence-corrected chi connectivity index (χ3v) is 6.27. The maximum atomic E-state index is 12.8. The summed E-state index contributed by atoms with van der Waals surface area (Å²) in [6, 6.07) is 10.4. The molecular weight excluding hydrogens is 467 g/mol. The highest BCUT2D eigenvalue weighted by Gasteiger charge is 2.24. The van der Waals surface area contributed by atoms with Gasteiger partial charge in [0.1, 0.15) is 0 Å². The van der Waals surface area contributed by atoms with E-state index in [4.69, 9.17) is 23.2 Å². The van der Waals surface area contributed by atoms with Crippen molar-refractivity contribution in [1.29, 1.82) is 0 Å². The molecule has 3 aromatic rings. The molecule has 0 atom stereocenters. The van der Waals surface area contributed by atoms with E-state index in [1.54, 1.807) is 31.2 Å². The lowest BCUT2D eigenvalue weighted by Crippen LogP contribution is -2.18. The summed E-state index contributed by atoms with van der Waals surface area (Å²) in [5.41, 5.74) is 0.786. The molecule has 1 aromatic heterocycles. The Morgan fingerprint density at radius 3 is 2.52 bits per heavy atom. The number of sulfone groups is 1. The van der Waals surface area contributed by atoms with E-state index in [1.807, 2.05) is 0 Å². The van der Waals surface area contributed by atoms with Gasteiger partial charge < -0.3 is 5.32 Å². The number of benzene rings is 2. The number of carbonyl (C=O) groups is 1. The van der Waals surface area contributed by atoms with Crippen LogP contribution in [0.5, 0.6) is 0 Å². The van der Waals surface area contributed by atoms with Gasteiger partial charge in [-0.3, -0.25) is 14.9 Å². The molecule has 3 rings (SSSR count). The zero-order chi connectivity index (χ0) is 22.8. The molecule has 12 heteroatoms. The summed E-state index contributed by atoms with van der Waals surface area (Å²) in [5, 5.41) is 12.4. The molecule has 2 aromatic carbocycles. The molecule has 1 amide bonds. The highest BCUT2D eigenvalue weighted by atomic mass is 35.5. The lowest BCUT2D eigenvalue weighted by molar-refractivity contribution is -0.384. The summed E-state index contributed by atoms with van der Waals surface area (Å²) < 4.78 is 25.5. The fourth-order valence-corrected chi connectivity index (χ4v) is 4.31. The minimum absolute atomic E-state index is 0.0660. The Kier molecular flexibility index (Phi) is 6.54. The highest BCUT2D eigenvalue weighted by Crippen LogP contribution is 2.28. The fraction of sp³-hybridized carbons (Fsp3) is 0.105. The van der Waals surface area contributed by atoms with Crippen molar-refractivity contribution in [2.24, 2.45) is 0 Å². The van der Waals surface area contributed by atoms with E-state index < -0.39 is 25.8 Å². The number of nitrogens with one attached hydrogen (secondary N) is 1. The maximum absolute atomic E-state index is 12.8. The van der Waals surface area contributed by atoms with Gasteiger partial charge in [0.05, 0.1) is 32.6 Å². The molecule has 1 N–H and O–H groups in total. The normalized spacial score (nSPS) is 11.2. The zero-order valence-corrected chi connectivity index (χ0v) is 18.2. The second-order valence-corrected chi connectivity index (χ2v) is 9.11. The predicted octanol–water partition coefficient (Wildman–Crippen LogP) is 4.23. The lowest BCUT2D eigenvalue weighted by atomic mass is 10.1. The van der Waals surface area contributed by atoms with Crippen LogP contribution in [0.2, 0.25) is 10.0 Å². The summed E-state index contributed by atoms with van der Waals surface area (Å²) in [7, 11) is -3.97. The van der Waals surface area contributed by atoms with Gasteiger partial charge in [-0.2, -0.15) is 0 Å². The number of aryl methyl sites for hydroxylation is 1. The van der Waals surface area contributed by atoms with Crippen molar-refractivity contribution in [3.63, 3.8) is 0 Å². The second kappa shape index (κ2) is 8.96. The van der Waals surface area contributed by atoms with Gasteiger partial charge in [-0.25, -0.2) is 18.4 Å². The second-order valence-electron chi connectivity index (χ2n) is 6.41. The summed E-state index contributed by atoms with van der Waals surface area (Å²) in [4.78, 5) is 30.4. The molecular formula is C19H14Cl2N4O5S. The van der Waals surface area contributed by atoms with Crippen LogP contribution < -0.4 is 5.32 Å². The van der Waals surface area contributed by atoms with Crippen molar-refractivity contribution in [2.45, 2.75) is 17.8 Å². The van der Waals surface area contributed by atoms with Crippen molar-refractivity contribution in [3.05, 3.63) is 85.6 Å². The maximum Gasteiger partial charge on any atom is 0.276 e. The van der Waals surface area contributed by atoms with Gasteiger partial charge in [0.2, 0.25) is 15.0 Å². The molecule has 0 unspecified atom stereocenters. The fourth-order valence-electron chi connectivity index (χ4n) is 2.60. The average Bonchev–Trinajstić information content (AvgIpc) is 2.71. The average molecular weight is 481 g/mol. The Morgan fingerprint density at radius 2 is 1.87 bits per heavy atom. The molecule has 0 aliphatic heterocycles. The van der Waals surface area contributed by atoms with Crippen LogP contribution in [0.4, 0.5) is 11.4 Å². The van der Waals surface area contributed by atoms with Crippen LogP contribution in [-0.4, -0.2) is 29.2 Å². The first-order valence-corrected chi connectivity index (χ1v) is 11.0. The lowest BCUT2D eigenvalue weighted by Gasteiger charge is -2.10. The molecule has 1 heterocycles. The van der Waals surface area contributed by atoms with E-state index in [2.05, 4.69) is 15.3 Å². The van der Waals surface area contributed by atoms with Gasteiger partial charge in [-0.1, -0.05) is 47.5 Å². The Labute approximate surface area is 187 Å². The first-order valence-electron chi connectivity index (χ1n) is 8.63. The number of anilines is 1. The number of amides is 1. The Morgan fingerprint density at radius 1 is 1.16 bits per heavy atom. The molecule has 0 spiro atoms. The first kappa shape index (κ1) is 22.6. The van der Waals surface area contributed by atoms with Gasteiger partial charge in [-0.15, -0.1) is 0 Å². The summed E-state index contributed by atoms with van der Waals surface area (Å²) in [6.07, 6.45) is 1.02. The minimum atomic E-state index is -3.97. The number of nitrogens with zero attached hydrogens (tertiary/aromatic N) is 3. The number of non-ortho nitro benzene ring substituents is 1. The van der Waals surface area contributed by atoms with E-state index in [1.165, 1.54) is 6.07 Å². The van der Waals surface area contributed by atoms with E-state index in [0.717, 1.165) is 23.9 Å². The van der Waals surface area contributed by atoms with Crippen molar-refractivity contribution in [3.8, 4) is 0 Å². The number of hydrogen-bond donors (Lipinski definition) is 1. The van der Waals surface area contributed by atoms with Gasteiger partial charge >= 0.3 is 0 Å². The van der Waals surface area contributed by atoms with Crippen LogP contribution in [0.3, 0.4) is 0 Å². The quantitative estimate of drug-likeness (QED) is 0.317. The molecule has 0 saturated carbocycles. The smallest absolute Gasteiger partial charge is 0.276 e. The number of aromatic nitrogens is 2. The van der Waals surface area contributed by atoms with Crippen LogP contribution in [0.15, 0.2) is 53.8 Å². The summed E-state index contributed by atoms with van der Waals surface area (Å²) >= 11 is 12.0. The highest BCUT2D eigenvalue weighted by molar-refractivity contribution is 7.90. The minimum Gasteiger partial charge on any atom is -0.319 e. The van der Waals surface area contributed by atoms with Gasteiger partial charge in [0.15, 0.2) is 5.69 Å². The molecule has 31 heavy (non-hydrogen) atoms. The number of nitro benzene ring substituents is 1. The molecule has 160 valence electrons. The topological polar surface area (TPSA) is 132 Å². The number of rotatable bonds is 6. The van der Waals surface area contributed by atoms with Crippen molar-refractivity contribution in [2.75, 3.05) is 5.32 Å². The van der Waals surface area contributed by atoms with Crippen molar-refractivity contribution < 1.29 is 18.1 Å². The molecule has 0 radical (unpaired) electrons. The van der Waals surface area contributed by atoms with Crippen LogP contribution in [-0.2, 0) is 15.6 Å². The van der Waals surface area contributed by atoms with Gasteiger partial charge in [0.25, 0.3) is 11.6 Å². The number of halogens is 2. The van der Waals surface area contributed by atoms with Crippen LogP contribution in [0.25, 0.3) is 0 Å². The summed E-state index contributed by atoms with van der Waals surface area (Å²) in [5.74, 6) is -1.20. The predicted molar refractivity (Wildman–Crippen MR) is 115 cm³/mol. The molecule has 0 saturated heterocycles. The van der Waals surface area contributed by atoms with E-state index in [9.17, 15) is 23.3 Å². The first-order chi connectivity index (χ1) is 14.6. The van der Waals surface area contributed by atoms with Gasteiger partial charge in [-0.05, 0) is 24.1 Å². The van der Waals surface area contributed by atoms with Crippen molar-refractivity contribution >= 4 is 50.3 Å². The van der Waals surface area contributed by atoms with Crippen LogP contribution in [0.1, 0.15) is 21.6 Å².